The monoisotopic (exact) mass is 538 g/mol. The van der Waals surface area contributed by atoms with Crippen LogP contribution >= 0.6 is 0 Å². The molecule has 0 saturated heterocycles. The van der Waals surface area contributed by atoms with E-state index in [2.05, 4.69) is 6.58 Å². The Balaban J connectivity index is 1.78. The third-order valence-corrected chi connectivity index (χ3v) is 9.28. The molecule has 0 aromatic heterocycles. The van der Waals surface area contributed by atoms with Crippen LogP contribution < -0.4 is 0 Å². The molecule has 0 amide bonds. The van der Waals surface area contributed by atoms with E-state index in [0.717, 1.165) is 5.56 Å². The quantitative estimate of drug-likeness (QED) is 0.303. The fourth-order valence-electron chi connectivity index (χ4n) is 6.96. The number of ketones is 1. The number of Topliss-reactive ketones (excluding diaryl/α,β-unsaturated/α-hetero) is 1. The number of esters is 2. The van der Waals surface area contributed by atoms with Crippen LogP contribution in [0.15, 0.2) is 59.7 Å². The van der Waals surface area contributed by atoms with Crippen LogP contribution in [-0.4, -0.2) is 63.1 Å². The van der Waals surface area contributed by atoms with Crippen molar-refractivity contribution in [3.63, 3.8) is 0 Å². The lowest BCUT2D eigenvalue weighted by atomic mass is 9.48. The number of rotatable bonds is 4. The highest BCUT2D eigenvalue weighted by Gasteiger charge is 2.67. The molecule has 2 bridgehead atoms. The molecule has 2 fully saturated rings. The van der Waals surface area contributed by atoms with Crippen molar-refractivity contribution < 1.29 is 39.2 Å². The Morgan fingerprint density at radius 3 is 2.36 bits per heavy atom. The number of hydrogen-bond donors (Lipinski definition) is 3. The zero-order valence-corrected chi connectivity index (χ0v) is 23.1. The molecular weight excluding hydrogens is 500 g/mol. The van der Waals surface area contributed by atoms with Gasteiger partial charge in [-0.3, -0.25) is 9.59 Å². The van der Waals surface area contributed by atoms with Crippen molar-refractivity contribution in [1.29, 1.82) is 0 Å². The van der Waals surface area contributed by atoms with Gasteiger partial charge in [-0.2, -0.15) is 0 Å². The number of carbonyl (C=O) groups is 3. The first-order chi connectivity index (χ1) is 18.1. The average Bonchev–Trinajstić information content (AvgIpc) is 2.87. The summed E-state index contributed by atoms with van der Waals surface area (Å²) in [5.41, 5.74) is -2.64. The number of benzene rings is 1. The van der Waals surface area contributed by atoms with Crippen molar-refractivity contribution in [2.75, 3.05) is 0 Å². The highest BCUT2D eigenvalue weighted by Crippen LogP contribution is 2.60. The van der Waals surface area contributed by atoms with Gasteiger partial charge in [-0.1, -0.05) is 57.7 Å². The summed E-state index contributed by atoms with van der Waals surface area (Å²) in [5, 5.41) is 35.4. The van der Waals surface area contributed by atoms with E-state index in [-0.39, 0.29) is 24.0 Å². The maximum Gasteiger partial charge on any atom is 0.331 e. The Labute approximate surface area is 229 Å². The smallest absolute Gasteiger partial charge is 0.331 e. The predicted molar refractivity (Wildman–Crippen MR) is 144 cm³/mol. The van der Waals surface area contributed by atoms with Gasteiger partial charge in [-0.15, -0.1) is 0 Å². The van der Waals surface area contributed by atoms with E-state index >= 15 is 0 Å². The first-order valence-corrected chi connectivity index (χ1v) is 13.3. The molecule has 8 nitrogen and oxygen atoms in total. The topological polar surface area (TPSA) is 130 Å². The molecule has 1 aromatic carbocycles. The Morgan fingerprint density at radius 1 is 1.10 bits per heavy atom. The highest BCUT2D eigenvalue weighted by molar-refractivity contribution is 5.98. The van der Waals surface area contributed by atoms with Gasteiger partial charge in [-0.05, 0) is 48.1 Å². The first kappa shape index (κ1) is 28.9. The van der Waals surface area contributed by atoms with Gasteiger partial charge < -0.3 is 24.8 Å². The molecule has 210 valence electrons. The van der Waals surface area contributed by atoms with Crippen molar-refractivity contribution in [1.82, 2.24) is 0 Å². The van der Waals surface area contributed by atoms with Gasteiger partial charge in [-0.25, -0.2) is 4.79 Å². The fraction of sp³-hybridized carbons (Fsp3) is 0.516. The van der Waals surface area contributed by atoms with E-state index in [1.807, 2.05) is 30.3 Å². The lowest BCUT2D eigenvalue weighted by Crippen LogP contribution is -2.70. The van der Waals surface area contributed by atoms with Crippen LogP contribution in [0.2, 0.25) is 0 Å². The highest BCUT2D eigenvalue weighted by atomic mass is 16.6. The molecule has 0 radical (unpaired) electrons. The number of carbonyl (C=O) groups excluding carboxylic acids is 3. The minimum absolute atomic E-state index is 0.232. The minimum Gasteiger partial charge on any atom is -0.459 e. The maximum absolute atomic E-state index is 13.1. The molecule has 3 N–H and O–H groups in total. The molecular formula is C31H38O8. The van der Waals surface area contributed by atoms with E-state index in [1.54, 1.807) is 33.8 Å². The van der Waals surface area contributed by atoms with Crippen LogP contribution in [-0.2, 0) is 23.9 Å². The molecule has 0 heterocycles. The maximum atomic E-state index is 13.1. The summed E-state index contributed by atoms with van der Waals surface area (Å²) in [7, 11) is 0. The second kappa shape index (κ2) is 10.2. The number of aliphatic hydroxyl groups is 3. The van der Waals surface area contributed by atoms with Crippen LogP contribution in [0, 0.1) is 16.7 Å². The zero-order chi connectivity index (χ0) is 28.9. The molecule has 3 aliphatic rings. The second-order valence-corrected chi connectivity index (χ2v) is 11.9. The van der Waals surface area contributed by atoms with Crippen molar-refractivity contribution in [2.45, 2.75) is 83.9 Å². The third-order valence-electron chi connectivity index (χ3n) is 9.28. The van der Waals surface area contributed by atoms with Crippen molar-refractivity contribution in [2.24, 2.45) is 16.7 Å². The normalized spacial score (nSPS) is 36.2. The van der Waals surface area contributed by atoms with Gasteiger partial charge in [0.25, 0.3) is 0 Å². The Bertz CT molecular complexity index is 1240. The fourth-order valence-corrected chi connectivity index (χ4v) is 6.96. The Kier molecular flexibility index (Phi) is 7.53. The Hall–Kier alpha value is -3.07. The number of ether oxygens (including phenoxy) is 2. The van der Waals surface area contributed by atoms with E-state index in [9.17, 15) is 29.7 Å². The summed E-state index contributed by atoms with van der Waals surface area (Å²) >= 11 is 0. The molecule has 0 unspecified atom stereocenters. The van der Waals surface area contributed by atoms with Crippen LogP contribution in [0.25, 0.3) is 6.08 Å². The van der Waals surface area contributed by atoms with E-state index < -0.39 is 64.5 Å². The van der Waals surface area contributed by atoms with Gasteiger partial charge in [0.1, 0.15) is 23.9 Å². The molecule has 7 atom stereocenters. The van der Waals surface area contributed by atoms with Gasteiger partial charge in [0.05, 0.1) is 6.10 Å². The zero-order valence-electron chi connectivity index (χ0n) is 23.1. The van der Waals surface area contributed by atoms with Gasteiger partial charge in [0, 0.05) is 36.2 Å². The van der Waals surface area contributed by atoms with Crippen molar-refractivity contribution >= 4 is 23.8 Å². The Morgan fingerprint density at radius 2 is 1.74 bits per heavy atom. The number of hydrogen-bond acceptors (Lipinski definition) is 8. The lowest BCUT2D eigenvalue weighted by molar-refractivity contribution is -0.228. The number of aliphatic hydroxyl groups excluding tert-OH is 2. The number of allylic oxidation sites excluding steroid dienone is 1. The molecule has 0 aliphatic heterocycles. The van der Waals surface area contributed by atoms with Crippen LogP contribution in [0.4, 0.5) is 0 Å². The standard InChI is InChI=1S/C31H38O8/c1-17-21(33)16-31(37)28(38-19(3)32)25-18(2)22(39-23(34)13-12-20-10-8-7-9-11-20)14-15-30(25,6)27(36)26(35)24(17)29(31,4)5/h7-13,22,25-28,35-37H,2,14-16H2,1,3-6H3/b13-12-/t22-,25-,26+,27-,28-,30+,31+/m0/s1. The molecule has 1 aromatic rings. The molecule has 8 heteroatoms. The molecule has 39 heavy (non-hydrogen) atoms. The minimum atomic E-state index is -1.93. The summed E-state index contributed by atoms with van der Waals surface area (Å²) in [5.74, 6) is -2.63. The SMILES string of the molecule is C=C1[C@@H](OC(=O)/C=C\c2ccccc2)CC[C@@]2(C)[C@@H](O)[C@H](O)C3=C(C)C(=O)C[C@@](O)([C@@H](OC(C)=O)[C@H]12)C3(C)C. The molecule has 0 spiro atoms. The van der Waals surface area contributed by atoms with E-state index in [4.69, 9.17) is 9.47 Å². The summed E-state index contributed by atoms with van der Waals surface area (Å²) in [6, 6.07) is 9.26. The summed E-state index contributed by atoms with van der Waals surface area (Å²) < 4.78 is 11.6. The van der Waals surface area contributed by atoms with Crippen molar-refractivity contribution in [3.05, 3.63) is 65.3 Å². The van der Waals surface area contributed by atoms with Gasteiger partial charge >= 0.3 is 11.9 Å². The van der Waals surface area contributed by atoms with Crippen LogP contribution in [0.1, 0.15) is 59.4 Å². The lowest BCUT2D eigenvalue weighted by Gasteiger charge is -2.61. The molecule has 3 aliphatic carbocycles. The van der Waals surface area contributed by atoms with Crippen molar-refractivity contribution in [3.8, 4) is 0 Å². The van der Waals surface area contributed by atoms with Gasteiger partial charge in [0.15, 0.2) is 5.78 Å². The van der Waals surface area contributed by atoms with Crippen LogP contribution in [0.5, 0.6) is 0 Å². The number of fused-ring (bicyclic) bond motifs is 3. The third kappa shape index (κ3) is 4.68. The van der Waals surface area contributed by atoms with E-state index in [1.165, 1.54) is 13.0 Å². The van der Waals surface area contributed by atoms with Gasteiger partial charge in [0.2, 0.25) is 0 Å². The largest absolute Gasteiger partial charge is 0.459 e. The summed E-state index contributed by atoms with van der Waals surface area (Å²) in [6.07, 6.45) is -1.79. The summed E-state index contributed by atoms with van der Waals surface area (Å²) in [4.78, 5) is 38.3. The summed E-state index contributed by atoms with van der Waals surface area (Å²) in [6.45, 7) is 12.1. The second-order valence-electron chi connectivity index (χ2n) is 11.9. The van der Waals surface area contributed by atoms with Crippen LogP contribution in [0.3, 0.4) is 0 Å². The first-order valence-electron chi connectivity index (χ1n) is 13.3. The predicted octanol–water partition coefficient (Wildman–Crippen LogP) is 3.30. The molecule has 2 saturated carbocycles. The average molecular weight is 539 g/mol. The van der Waals surface area contributed by atoms with E-state index in [0.29, 0.717) is 12.0 Å². The molecule has 4 rings (SSSR count).